The van der Waals surface area contributed by atoms with Crippen molar-refractivity contribution in [2.45, 2.75) is 75.8 Å². The Morgan fingerprint density at radius 1 is 1.11 bits per heavy atom. The molecule has 0 atom stereocenters. The van der Waals surface area contributed by atoms with Crippen LogP contribution in [0.3, 0.4) is 0 Å². The number of sulfonamides is 1. The predicted molar refractivity (Wildman–Crippen MR) is 148 cm³/mol. The standard InChI is InChI=1S/C24H31Cl2N3O5S3/c1-24(2,3)29-37(33,34)18-10-9-16(19(25)20(18)26)21-17(11-14-7-5-4-6-8-14)28-23(35-21)22(30)27-15-12-36(31,32)13-15/h9-10,14-15,29H,4-8,11-13H2,1-3H3,(H,27,30). The van der Waals surface area contributed by atoms with Crippen LogP contribution in [-0.2, 0) is 26.3 Å². The fraction of sp³-hybridized carbons (Fsp3) is 0.583. The molecule has 2 N–H and O–H groups in total. The van der Waals surface area contributed by atoms with E-state index in [1.165, 1.54) is 12.5 Å². The van der Waals surface area contributed by atoms with Gasteiger partial charge in [-0.05, 0) is 39.2 Å². The summed E-state index contributed by atoms with van der Waals surface area (Å²) in [5.74, 6) is -0.165. The summed E-state index contributed by atoms with van der Waals surface area (Å²) in [5.41, 5.74) is 0.514. The third-order valence-corrected chi connectivity index (χ3v) is 12.1. The molecule has 1 aliphatic heterocycles. The molecule has 4 rings (SSSR count). The Labute approximate surface area is 232 Å². The van der Waals surface area contributed by atoms with Crippen LogP contribution < -0.4 is 10.0 Å². The lowest BCUT2D eigenvalue weighted by molar-refractivity contribution is 0.0941. The number of hydrogen-bond acceptors (Lipinski definition) is 7. The number of hydrogen-bond donors (Lipinski definition) is 2. The van der Waals surface area contributed by atoms with Gasteiger partial charge in [0.2, 0.25) is 10.0 Å². The average molecular weight is 609 g/mol. The van der Waals surface area contributed by atoms with Crippen molar-refractivity contribution in [3.63, 3.8) is 0 Å². The summed E-state index contributed by atoms with van der Waals surface area (Å²) in [7, 11) is -7.00. The van der Waals surface area contributed by atoms with Crippen LogP contribution in [0.1, 0.15) is 68.4 Å². The maximum atomic E-state index is 12.9. The minimum absolute atomic E-state index is 0.0732. The van der Waals surface area contributed by atoms with E-state index >= 15 is 0 Å². The SMILES string of the molecule is CC(C)(C)NS(=O)(=O)c1ccc(-c2sc(C(=O)NC3CS(=O)(=O)C3)nc2CC2CCCCC2)c(Cl)c1Cl. The second-order valence-corrected chi connectivity index (χ2v) is 16.4. The number of halogens is 2. The fourth-order valence-corrected chi connectivity index (χ4v) is 9.39. The maximum Gasteiger partial charge on any atom is 0.280 e. The Hall–Kier alpha value is -1.24. The lowest BCUT2D eigenvalue weighted by atomic mass is 9.85. The summed E-state index contributed by atoms with van der Waals surface area (Å²) in [4.78, 5) is 18.1. The second kappa shape index (κ2) is 10.7. The van der Waals surface area contributed by atoms with Gasteiger partial charge in [-0.15, -0.1) is 11.3 Å². The van der Waals surface area contributed by atoms with Crippen LogP contribution >= 0.6 is 34.5 Å². The topological polar surface area (TPSA) is 122 Å². The molecule has 1 aromatic heterocycles. The number of nitrogens with zero attached hydrogens (tertiary/aromatic N) is 1. The third kappa shape index (κ3) is 6.86. The zero-order valence-electron chi connectivity index (χ0n) is 20.9. The summed E-state index contributed by atoms with van der Waals surface area (Å²) in [6.45, 7) is 5.19. The van der Waals surface area contributed by atoms with Gasteiger partial charge in [0.15, 0.2) is 14.8 Å². The van der Waals surface area contributed by atoms with E-state index in [1.807, 2.05) is 0 Å². The van der Waals surface area contributed by atoms with Crippen LogP contribution in [-0.4, -0.2) is 50.8 Å². The van der Waals surface area contributed by atoms with Crippen molar-refractivity contribution in [2.24, 2.45) is 5.92 Å². The van der Waals surface area contributed by atoms with E-state index in [-0.39, 0.29) is 31.5 Å². The highest BCUT2D eigenvalue weighted by molar-refractivity contribution is 7.92. The molecule has 0 unspecified atom stereocenters. The quantitative estimate of drug-likeness (QED) is 0.464. The van der Waals surface area contributed by atoms with E-state index < -0.39 is 37.3 Å². The summed E-state index contributed by atoms with van der Waals surface area (Å²) >= 11 is 14.3. The van der Waals surface area contributed by atoms with Gasteiger partial charge < -0.3 is 5.32 Å². The number of nitrogens with one attached hydrogen (secondary N) is 2. The molecule has 0 spiro atoms. The molecule has 2 aromatic rings. The molecule has 2 fully saturated rings. The van der Waals surface area contributed by atoms with Crippen LogP contribution in [0.4, 0.5) is 0 Å². The van der Waals surface area contributed by atoms with Crippen molar-refractivity contribution in [2.75, 3.05) is 11.5 Å². The highest BCUT2D eigenvalue weighted by Crippen LogP contribution is 2.43. The molecule has 1 saturated carbocycles. The number of carbonyl (C=O) groups is 1. The Morgan fingerprint density at radius 3 is 2.35 bits per heavy atom. The molecule has 0 radical (unpaired) electrons. The Bertz CT molecular complexity index is 1400. The first-order chi connectivity index (χ1) is 17.2. The van der Waals surface area contributed by atoms with E-state index in [2.05, 4.69) is 15.0 Å². The van der Waals surface area contributed by atoms with Crippen molar-refractivity contribution in [3.8, 4) is 10.4 Å². The van der Waals surface area contributed by atoms with E-state index in [4.69, 9.17) is 23.2 Å². The molecular formula is C24H31Cl2N3O5S3. The number of thiazole rings is 1. The molecule has 37 heavy (non-hydrogen) atoms. The maximum absolute atomic E-state index is 12.9. The van der Waals surface area contributed by atoms with Crippen molar-refractivity contribution in [3.05, 3.63) is 32.9 Å². The molecule has 2 aliphatic rings. The number of amides is 1. The van der Waals surface area contributed by atoms with Gasteiger partial charge in [-0.2, -0.15) is 0 Å². The van der Waals surface area contributed by atoms with Crippen LogP contribution in [0.5, 0.6) is 0 Å². The van der Waals surface area contributed by atoms with Crippen molar-refractivity contribution in [1.29, 1.82) is 0 Å². The Morgan fingerprint density at radius 2 is 1.76 bits per heavy atom. The molecular weight excluding hydrogens is 577 g/mol. The van der Waals surface area contributed by atoms with Crippen molar-refractivity contribution < 1.29 is 21.6 Å². The van der Waals surface area contributed by atoms with Crippen LogP contribution in [0.15, 0.2) is 17.0 Å². The van der Waals surface area contributed by atoms with Gasteiger partial charge in [0.1, 0.15) is 4.90 Å². The second-order valence-electron chi connectivity index (χ2n) is 10.8. The highest BCUT2D eigenvalue weighted by Gasteiger charge is 2.35. The molecule has 8 nitrogen and oxygen atoms in total. The summed E-state index contributed by atoms with van der Waals surface area (Å²) in [6, 6.07) is 2.59. The highest BCUT2D eigenvalue weighted by atomic mass is 35.5. The number of sulfone groups is 1. The van der Waals surface area contributed by atoms with Crippen LogP contribution in [0, 0.1) is 5.92 Å². The first-order valence-electron chi connectivity index (χ1n) is 12.2. The summed E-state index contributed by atoms with van der Waals surface area (Å²) in [5, 5.41) is 2.93. The number of carbonyl (C=O) groups excluding carboxylic acids is 1. The normalized spacial score (nSPS) is 18.9. The minimum atomic E-state index is -3.92. The fourth-order valence-electron chi connectivity index (χ4n) is 4.73. The number of benzene rings is 1. The van der Waals surface area contributed by atoms with E-state index in [0.29, 0.717) is 28.5 Å². The summed E-state index contributed by atoms with van der Waals surface area (Å²) < 4.78 is 51.4. The molecule has 1 aromatic carbocycles. The van der Waals surface area contributed by atoms with Gasteiger partial charge in [0.05, 0.1) is 38.2 Å². The monoisotopic (exact) mass is 607 g/mol. The molecule has 0 bridgehead atoms. The molecule has 2 heterocycles. The van der Waals surface area contributed by atoms with E-state index in [1.54, 1.807) is 26.8 Å². The van der Waals surface area contributed by atoms with Gasteiger partial charge in [-0.25, -0.2) is 26.5 Å². The zero-order valence-corrected chi connectivity index (χ0v) is 24.9. The predicted octanol–water partition coefficient (Wildman–Crippen LogP) is 4.84. The van der Waals surface area contributed by atoms with Gasteiger partial charge in [0, 0.05) is 11.1 Å². The Balaban J connectivity index is 1.69. The van der Waals surface area contributed by atoms with Gasteiger partial charge in [-0.3, -0.25) is 4.79 Å². The third-order valence-electron chi connectivity index (χ3n) is 6.37. The van der Waals surface area contributed by atoms with Crippen LogP contribution in [0.25, 0.3) is 10.4 Å². The first-order valence-corrected chi connectivity index (χ1v) is 17.1. The van der Waals surface area contributed by atoms with Gasteiger partial charge in [-0.1, -0.05) is 61.4 Å². The largest absolute Gasteiger partial charge is 0.345 e. The Kier molecular flexibility index (Phi) is 8.34. The van der Waals surface area contributed by atoms with Crippen molar-refractivity contribution in [1.82, 2.24) is 15.0 Å². The lowest BCUT2D eigenvalue weighted by Gasteiger charge is -2.26. The van der Waals surface area contributed by atoms with E-state index in [0.717, 1.165) is 37.0 Å². The number of aromatic nitrogens is 1. The number of rotatable bonds is 7. The first kappa shape index (κ1) is 28.8. The smallest absolute Gasteiger partial charge is 0.280 e. The minimum Gasteiger partial charge on any atom is -0.345 e. The average Bonchev–Trinajstić information content (AvgIpc) is 3.16. The molecule has 1 saturated heterocycles. The molecule has 13 heteroatoms. The molecule has 1 aliphatic carbocycles. The molecule has 1 amide bonds. The van der Waals surface area contributed by atoms with E-state index in [9.17, 15) is 21.6 Å². The van der Waals surface area contributed by atoms with Gasteiger partial charge in [0.25, 0.3) is 5.91 Å². The summed E-state index contributed by atoms with van der Waals surface area (Å²) in [6.07, 6.45) is 6.31. The molecule has 204 valence electrons. The zero-order chi connectivity index (χ0) is 27.2. The van der Waals surface area contributed by atoms with Crippen LogP contribution in [0.2, 0.25) is 10.0 Å². The lowest BCUT2D eigenvalue weighted by Crippen LogP contribution is -2.52. The van der Waals surface area contributed by atoms with Gasteiger partial charge >= 0.3 is 0 Å². The van der Waals surface area contributed by atoms with Crippen molar-refractivity contribution >= 4 is 60.3 Å².